The van der Waals surface area contributed by atoms with Crippen molar-refractivity contribution in [1.29, 1.82) is 0 Å². The number of rotatable bonds is 1. The van der Waals surface area contributed by atoms with Crippen LogP contribution in [0.5, 0.6) is 0 Å². The van der Waals surface area contributed by atoms with Gasteiger partial charge in [0.2, 0.25) is 0 Å². The normalized spacial score (nSPS) is 30.0. The van der Waals surface area contributed by atoms with Crippen LogP contribution in [-0.4, -0.2) is 24.9 Å². The molecule has 1 heterocycles. The predicted octanol–water partition coefficient (Wildman–Crippen LogP) is 0.363. The number of thioether (sulfide) groups is 1. The molecule has 3 nitrogen and oxygen atoms in total. The van der Waals surface area contributed by atoms with Crippen LogP contribution in [0.25, 0.3) is 0 Å². The van der Waals surface area contributed by atoms with Gasteiger partial charge in [0.15, 0.2) is 0 Å². The highest BCUT2D eigenvalue weighted by molar-refractivity contribution is 8.02. The molecule has 0 amide bonds. The molecule has 0 aliphatic carbocycles. The smallest absolute Gasteiger partial charge is 0.311 e. The lowest BCUT2D eigenvalue weighted by molar-refractivity contribution is -0.144. The van der Waals surface area contributed by atoms with Gasteiger partial charge in [-0.15, -0.1) is 11.8 Å². The summed E-state index contributed by atoms with van der Waals surface area (Å²) in [6.07, 6.45) is 1.83. The lowest BCUT2D eigenvalue weighted by Crippen LogP contribution is -2.37. The topological polar surface area (TPSA) is 52.3 Å². The molecular formula is C7H11NO2S. The van der Waals surface area contributed by atoms with Crippen molar-refractivity contribution in [3.05, 3.63) is 11.5 Å². The van der Waals surface area contributed by atoms with Gasteiger partial charge in [0.1, 0.15) is 0 Å². The minimum absolute atomic E-state index is 0.171. The van der Waals surface area contributed by atoms with Crippen molar-refractivity contribution in [3.8, 4) is 0 Å². The molecule has 2 N–H and O–H groups in total. The Kier molecular flexibility index (Phi) is 2.96. The number of methoxy groups -OCH3 is 1. The Bertz CT molecular complexity index is 181. The molecule has 0 fully saturated rings. The second-order valence-corrected chi connectivity index (χ2v) is 3.31. The SMILES string of the molecule is COC(=O)[C@H]1CSC=C[C@@H]1N. The van der Waals surface area contributed by atoms with Gasteiger partial charge >= 0.3 is 5.97 Å². The van der Waals surface area contributed by atoms with E-state index < -0.39 is 0 Å². The maximum absolute atomic E-state index is 11.0. The molecule has 0 aromatic carbocycles. The third-order valence-corrected chi connectivity index (χ3v) is 2.54. The third kappa shape index (κ3) is 1.97. The number of carbonyl (C=O) groups is 1. The van der Waals surface area contributed by atoms with Crippen molar-refractivity contribution in [2.75, 3.05) is 12.9 Å². The van der Waals surface area contributed by atoms with Crippen molar-refractivity contribution >= 4 is 17.7 Å². The summed E-state index contributed by atoms with van der Waals surface area (Å²) in [7, 11) is 1.39. The molecule has 0 aromatic heterocycles. The van der Waals surface area contributed by atoms with Crippen LogP contribution < -0.4 is 5.73 Å². The highest BCUT2D eigenvalue weighted by Crippen LogP contribution is 2.20. The molecular weight excluding hydrogens is 162 g/mol. The number of nitrogens with two attached hydrogens (primary N) is 1. The third-order valence-electron chi connectivity index (χ3n) is 1.64. The summed E-state index contributed by atoms with van der Waals surface area (Å²) < 4.78 is 4.59. The first-order chi connectivity index (χ1) is 5.25. The molecule has 0 unspecified atom stereocenters. The summed E-state index contributed by atoms with van der Waals surface area (Å²) in [5, 5.41) is 1.92. The Morgan fingerprint density at radius 3 is 3.09 bits per heavy atom. The van der Waals surface area contributed by atoms with Crippen molar-refractivity contribution in [2.45, 2.75) is 6.04 Å². The van der Waals surface area contributed by atoms with Crippen LogP contribution in [0.1, 0.15) is 0 Å². The van der Waals surface area contributed by atoms with Gasteiger partial charge in [-0.25, -0.2) is 0 Å². The summed E-state index contributed by atoms with van der Waals surface area (Å²) in [5.74, 6) is 0.342. The fourth-order valence-electron chi connectivity index (χ4n) is 0.927. The van der Waals surface area contributed by atoms with E-state index >= 15 is 0 Å². The zero-order valence-corrected chi connectivity index (χ0v) is 7.14. The van der Waals surface area contributed by atoms with Crippen molar-refractivity contribution in [3.63, 3.8) is 0 Å². The maximum atomic E-state index is 11.0. The molecule has 0 radical (unpaired) electrons. The van der Waals surface area contributed by atoms with E-state index in [1.807, 2.05) is 11.5 Å². The fraction of sp³-hybridized carbons (Fsp3) is 0.571. The summed E-state index contributed by atoms with van der Waals surface area (Å²) >= 11 is 1.59. The van der Waals surface area contributed by atoms with Crippen molar-refractivity contribution in [2.24, 2.45) is 11.7 Å². The zero-order valence-electron chi connectivity index (χ0n) is 6.32. The molecule has 4 heteroatoms. The Labute approximate surface area is 70.0 Å². The van der Waals surface area contributed by atoms with Crippen LogP contribution in [0.15, 0.2) is 11.5 Å². The average molecular weight is 173 g/mol. The Hall–Kier alpha value is -0.480. The van der Waals surface area contributed by atoms with Crippen LogP contribution >= 0.6 is 11.8 Å². The van der Waals surface area contributed by atoms with Gasteiger partial charge in [-0.05, 0) is 5.41 Å². The monoisotopic (exact) mass is 173 g/mol. The lowest BCUT2D eigenvalue weighted by atomic mass is 10.0. The maximum Gasteiger partial charge on any atom is 0.311 e. The second kappa shape index (κ2) is 3.78. The minimum atomic E-state index is -0.214. The second-order valence-electron chi connectivity index (χ2n) is 2.37. The Morgan fingerprint density at radius 1 is 1.82 bits per heavy atom. The van der Waals surface area contributed by atoms with Gasteiger partial charge in [-0.1, -0.05) is 6.08 Å². The first kappa shape index (κ1) is 8.62. The number of esters is 1. The van der Waals surface area contributed by atoms with E-state index in [1.165, 1.54) is 7.11 Å². The molecule has 2 atom stereocenters. The first-order valence-electron chi connectivity index (χ1n) is 3.37. The molecule has 1 aliphatic rings. The van der Waals surface area contributed by atoms with Crippen LogP contribution in [0.4, 0.5) is 0 Å². The van der Waals surface area contributed by atoms with Gasteiger partial charge in [-0.2, -0.15) is 0 Å². The molecule has 62 valence electrons. The highest BCUT2D eigenvalue weighted by Gasteiger charge is 2.26. The van der Waals surface area contributed by atoms with Crippen LogP contribution in [-0.2, 0) is 9.53 Å². The van der Waals surface area contributed by atoms with E-state index in [0.29, 0.717) is 0 Å². The molecule has 0 bridgehead atoms. The number of carbonyl (C=O) groups excluding carboxylic acids is 1. The molecule has 1 aliphatic heterocycles. The summed E-state index contributed by atoms with van der Waals surface area (Å²) in [6, 6.07) is -0.177. The van der Waals surface area contributed by atoms with E-state index in [2.05, 4.69) is 4.74 Å². The lowest BCUT2D eigenvalue weighted by Gasteiger charge is -2.20. The Balaban J connectivity index is 2.57. The first-order valence-corrected chi connectivity index (χ1v) is 4.42. The largest absolute Gasteiger partial charge is 0.469 e. The molecule has 0 saturated heterocycles. The standard InChI is InChI=1S/C7H11NO2S/c1-10-7(9)5-4-11-3-2-6(5)8/h2-3,5-6H,4,8H2,1H3/t5-,6-/m0/s1. The van der Waals surface area contributed by atoms with Gasteiger partial charge in [0.05, 0.1) is 13.0 Å². The predicted molar refractivity (Wildman–Crippen MR) is 45.1 cm³/mol. The highest BCUT2D eigenvalue weighted by atomic mass is 32.2. The quantitative estimate of drug-likeness (QED) is 0.582. The van der Waals surface area contributed by atoms with Gasteiger partial charge in [0, 0.05) is 11.8 Å². The van der Waals surface area contributed by atoms with Crippen LogP contribution in [0, 0.1) is 5.92 Å². The molecule has 0 spiro atoms. The van der Waals surface area contributed by atoms with Gasteiger partial charge in [0.25, 0.3) is 0 Å². The fourth-order valence-corrected chi connectivity index (χ4v) is 1.90. The van der Waals surface area contributed by atoms with E-state index in [0.717, 1.165) is 5.75 Å². The van der Waals surface area contributed by atoms with E-state index in [9.17, 15) is 4.79 Å². The van der Waals surface area contributed by atoms with Crippen LogP contribution in [0.2, 0.25) is 0 Å². The van der Waals surface area contributed by atoms with E-state index in [1.54, 1.807) is 11.8 Å². The van der Waals surface area contributed by atoms with Crippen molar-refractivity contribution < 1.29 is 9.53 Å². The number of ether oxygens (including phenoxy) is 1. The summed E-state index contributed by atoms with van der Waals surface area (Å²) in [5.41, 5.74) is 5.65. The number of hydrogen-bond donors (Lipinski definition) is 1. The van der Waals surface area contributed by atoms with Crippen molar-refractivity contribution in [1.82, 2.24) is 0 Å². The molecule has 0 saturated carbocycles. The van der Waals surface area contributed by atoms with E-state index in [-0.39, 0.29) is 17.9 Å². The van der Waals surface area contributed by atoms with Gasteiger partial charge < -0.3 is 10.5 Å². The molecule has 11 heavy (non-hydrogen) atoms. The summed E-state index contributed by atoms with van der Waals surface area (Å²) in [6.45, 7) is 0. The van der Waals surface area contributed by atoms with Crippen LogP contribution in [0.3, 0.4) is 0 Å². The zero-order chi connectivity index (χ0) is 8.27. The summed E-state index contributed by atoms with van der Waals surface area (Å²) in [4.78, 5) is 11.0. The average Bonchev–Trinajstić information content (AvgIpc) is 2.04. The Morgan fingerprint density at radius 2 is 2.55 bits per heavy atom. The van der Waals surface area contributed by atoms with Gasteiger partial charge in [-0.3, -0.25) is 4.79 Å². The van der Waals surface area contributed by atoms with E-state index in [4.69, 9.17) is 5.73 Å². The number of hydrogen-bond acceptors (Lipinski definition) is 4. The minimum Gasteiger partial charge on any atom is -0.469 e. The molecule has 0 aromatic rings. The molecule has 1 rings (SSSR count).